The Morgan fingerprint density at radius 1 is 1.56 bits per heavy atom. The van der Waals surface area contributed by atoms with Gasteiger partial charge in [0.1, 0.15) is 9.39 Å². The molecule has 0 atom stereocenters. The summed E-state index contributed by atoms with van der Waals surface area (Å²) in [7, 11) is 0. The second-order valence-electron chi connectivity index (χ2n) is 3.40. The normalized spacial score (nSPS) is 10.8. The van der Waals surface area contributed by atoms with Gasteiger partial charge in [0.05, 0.1) is 13.0 Å². The zero-order valence-electron chi connectivity index (χ0n) is 9.55. The molecule has 18 heavy (non-hydrogen) atoms. The fourth-order valence-electron chi connectivity index (χ4n) is 1.38. The number of aromatic nitrogens is 1. The smallest absolute Gasteiger partial charge is 0.310 e. The Balaban J connectivity index is 3.10. The van der Waals surface area contributed by atoms with Crippen LogP contribution in [0.3, 0.4) is 0 Å². The SMILES string of the molecule is CCOC(=O)Cc1cc(CBr)c(I)nc1C(F)F. The third kappa shape index (κ3) is 4.11. The molecule has 100 valence electrons. The standard InChI is InChI=1S/C11H11BrF2INO2/c1-2-18-8(17)4-6-3-7(5-12)11(15)16-9(6)10(13)14/h3,10H,2,4-5H2,1H3. The minimum atomic E-state index is -2.70. The summed E-state index contributed by atoms with van der Waals surface area (Å²) in [5.41, 5.74) is 0.648. The number of esters is 1. The topological polar surface area (TPSA) is 39.2 Å². The molecule has 1 aromatic rings. The monoisotopic (exact) mass is 433 g/mol. The summed E-state index contributed by atoms with van der Waals surface area (Å²) in [6.07, 6.45) is -2.88. The summed E-state index contributed by atoms with van der Waals surface area (Å²) in [5, 5.41) is 0.498. The zero-order valence-corrected chi connectivity index (χ0v) is 13.3. The number of ether oxygens (including phenoxy) is 1. The second kappa shape index (κ2) is 7.32. The Morgan fingerprint density at radius 2 is 2.22 bits per heavy atom. The molecule has 3 nitrogen and oxygen atoms in total. The van der Waals surface area contributed by atoms with Gasteiger partial charge in [-0.2, -0.15) is 0 Å². The van der Waals surface area contributed by atoms with Crippen LogP contribution in [0.1, 0.15) is 30.2 Å². The van der Waals surface area contributed by atoms with Crippen LogP contribution in [-0.2, 0) is 21.3 Å². The summed E-state index contributed by atoms with van der Waals surface area (Å²) in [5.74, 6) is -0.525. The second-order valence-corrected chi connectivity index (χ2v) is 4.98. The number of rotatable bonds is 5. The number of alkyl halides is 3. The molecule has 0 saturated heterocycles. The Hall–Kier alpha value is -0.310. The molecule has 1 aromatic heterocycles. The van der Waals surface area contributed by atoms with E-state index in [-0.39, 0.29) is 24.3 Å². The Bertz CT molecular complexity index is 443. The van der Waals surface area contributed by atoms with Crippen molar-refractivity contribution in [3.63, 3.8) is 0 Å². The Kier molecular flexibility index (Phi) is 6.40. The summed E-state index contributed by atoms with van der Waals surface area (Å²) in [6, 6.07) is 1.57. The molecule has 0 N–H and O–H groups in total. The van der Waals surface area contributed by atoms with Crippen LogP contribution in [0.4, 0.5) is 8.78 Å². The van der Waals surface area contributed by atoms with Gasteiger partial charge in [0.2, 0.25) is 0 Å². The zero-order chi connectivity index (χ0) is 13.7. The highest BCUT2D eigenvalue weighted by atomic mass is 127. The largest absolute Gasteiger partial charge is 0.466 e. The van der Waals surface area contributed by atoms with E-state index >= 15 is 0 Å². The summed E-state index contributed by atoms with van der Waals surface area (Å²) in [4.78, 5) is 15.2. The number of halogens is 4. The molecule has 1 heterocycles. The highest BCUT2D eigenvalue weighted by molar-refractivity contribution is 14.1. The summed E-state index contributed by atoms with van der Waals surface area (Å²) < 4.78 is 31.0. The molecule has 0 amide bonds. The van der Waals surface area contributed by atoms with Crippen molar-refractivity contribution >= 4 is 44.5 Å². The van der Waals surface area contributed by atoms with Crippen LogP contribution in [-0.4, -0.2) is 17.6 Å². The maximum Gasteiger partial charge on any atom is 0.310 e. The van der Waals surface area contributed by atoms with E-state index in [4.69, 9.17) is 4.74 Å². The first kappa shape index (κ1) is 15.7. The fourth-order valence-corrected chi connectivity index (χ4v) is 2.94. The molecule has 0 aliphatic rings. The average molecular weight is 434 g/mol. The number of nitrogens with zero attached hydrogens (tertiary/aromatic N) is 1. The van der Waals surface area contributed by atoms with Crippen LogP contribution in [0.25, 0.3) is 0 Å². The van der Waals surface area contributed by atoms with E-state index in [2.05, 4.69) is 20.9 Å². The van der Waals surface area contributed by atoms with Gasteiger partial charge in [-0.15, -0.1) is 0 Å². The maximum atomic E-state index is 12.8. The van der Waals surface area contributed by atoms with E-state index in [0.29, 0.717) is 9.03 Å². The number of hydrogen-bond donors (Lipinski definition) is 0. The van der Waals surface area contributed by atoms with E-state index in [1.165, 1.54) is 0 Å². The van der Waals surface area contributed by atoms with Gasteiger partial charge >= 0.3 is 5.97 Å². The van der Waals surface area contributed by atoms with Gasteiger partial charge in [-0.3, -0.25) is 4.79 Å². The average Bonchev–Trinajstić information content (AvgIpc) is 2.30. The fraction of sp³-hybridized carbons (Fsp3) is 0.455. The van der Waals surface area contributed by atoms with Crippen molar-refractivity contribution in [2.45, 2.75) is 25.1 Å². The third-order valence-corrected chi connectivity index (χ3v) is 3.69. The molecule has 0 unspecified atom stereocenters. The molecule has 0 bridgehead atoms. The van der Waals surface area contributed by atoms with Crippen LogP contribution in [0, 0.1) is 3.70 Å². The molecular weight excluding hydrogens is 423 g/mol. The number of pyridine rings is 1. The molecule has 0 saturated carbocycles. The highest BCUT2D eigenvalue weighted by Crippen LogP contribution is 2.26. The maximum absolute atomic E-state index is 12.8. The molecule has 0 aliphatic heterocycles. The first-order valence-corrected chi connectivity index (χ1v) is 7.37. The lowest BCUT2D eigenvalue weighted by atomic mass is 10.1. The number of carbonyl (C=O) groups is 1. The lowest BCUT2D eigenvalue weighted by Crippen LogP contribution is -2.12. The van der Waals surface area contributed by atoms with Crippen molar-refractivity contribution in [2.24, 2.45) is 0 Å². The lowest BCUT2D eigenvalue weighted by molar-refractivity contribution is -0.142. The molecule has 1 rings (SSSR count). The lowest BCUT2D eigenvalue weighted by Gasteiger charge is -2.11. The number of carbonyl (C=O) groups excluding carboxylic acids is 1. The number of hydrogen-bond acceptors (Lipinski definition) is 3. The van der Waals surface area contributed by atoms with Crippen molar-refractivity contribution in [2.75, 3.05) is 6.61 Å². The van der Waals surface area contributed by atoms with Crippen molar-refractivity contribution in [1.82, 2.24) is 4.98 Å². The Labute approximate surface area is 126 Å². The van der Waals surface area contributed by atoms with E-state index in [1.807, 2.05) is 22.6 Å². The van der Waals surface area contributed by atoms with Crippen molar-refractivity contribution in [1.29, 1.82) is 0 Å². The first-order chi connectivity index (χ1) is 8.49. The van der Waals surface area contributed by atoms with Crippen LogP contribution in [0.15, 0.2) is 6.07 Å². The van der Waals surface area contributed by atoms with Gasteiger partial charge in [-0.25, -0.2) is 13.8 Å². The quantitative estimate of drug-likeness (QED) is 0.308. The van der Waals surface area contributed by atoms with Crippen LogP contribution >= 0.6 is 38.5 Å². The minimum Gasteiger partial charge on any atom is -0.466 e. The van der Waals surface area contributed by atoms with Gasteiger partial charge in [0, 0.05) is 5.33 Å². The van der Waals surface area contributed by atoms with Crippen molar-refractivity contribution in [3.8, 4) is 0 Å². The van der Waals surface area contributed by atoms with Gasteiger partial charge in [-0.1, -0.05) is 15.9 Å². The molecule has 0 spiro atoms. The van der Waals surface area contributed by atoms with Gasteiger partial charge in [-0.05, 0) is 46.7 Å². The van der Waals surface area contributed by atoms with Crippen LogP contribution < -0.4 is 0 Å². The third-order valence-electron chi connectivity index (χ3n) is 2.15. The van der Waals surface area contributed by atoms with E-state index in [9.17, 15) is 13.6 Å². The summed E-state index contributed by atoms with van der Waals surface area (Å²) >= 11 is 5.15. The molecule has 0 fully saturated rings. The van der Waals surface area contributed by atoms with Crippen LogP contribution in [0.2, 0.25) is 0 Å². The van der Waals surface area contributed by atoms with Gasteiger partial charge < -0.3 is 4.74 Å². The Morgan fingerprint density at radius 3 is 2.72 bits per heavy atom. The summed E-state index contributed by atoms with van der Waals surface area (Å²) in [6.45, 7) is 1.90. The minimum absolute atomic E-state index is 0.183. The van der Waals surface area contributed by atoms with Crippen molar-refractivity contribution in [3.05, 3.63) is 26.6 Å². The molecule has 0 radical (unpaired) electrons. The van der Waals surface area contributed by atoms with E-state index in [0.717, 1.165) is 5.56 Å². The molecule has 0 aliphatic carbocycles. The first-order valence-electron chi connectivity index (χ1n) is 5.17. The van der Waals surface area contributed by atoms with Crippen LogP contribution in [0.5, 0.6) is 0 Å². The molecule has 0 aromatic carbocycles. The molecular formula is C11H11BrF2INO2. The van der Waals surface area contributed by atoms with E-state index in [1.54, 1.807) is 13.0 Å². The predicted octanol–water partition coefficient (Wildman–Crippen LogP) is 3.62. The van der Waals surface area contributed by atoms with Crippen molar-refractivity contribution < 1.29 is 18.3 Å². The predicted molar refractivity (Wildman–Crippen MR) is 74.9 cm³/mol. The van der Waals surface area contributed by atoms with Gasteiger partial charge in [0.15, 0.2) is 0 Å². The molecule has 7 heteroatoms. The van der Waals surface area contributed by atoms with Gasteiger partial charge in [0.25, 0.3) is 6.43 Å². The van der Waals surface area contributed by atoms with E-state index < -0.39 is 12.4 Å². The highest BCUT2D eigenvalue weighted by Gasteiger charge is 2.20.